The van der Waals surface area contributed by atoms with Gasteiger partial charge in [0, 0.05) is 11.0 Å². The molecule has 0 aliphatic rings. The van der Waals surface area contributed by atoms with Crippen molar-refractivity contribution < 1.29 is 48.9 Å². The van der Waals surface area contributed by atoms with E-state index < -0.39 is 5.97 Å². The monoisotopic (exact) mass is 376 g/mol. The van der Waals surface area contributed by atoms with Gasteiger partial charge in [-0.15, -0.1) is 0 Å². The third-order valence-corrected chi connectivity index (χ3v) is 3.57. The summed E-state index contributed by atoms with van der Waals surface area (Å²) >= 11 is 11.9. The first kappa shape index (κ1) is 21.1. The number of hydrogen-bond acceptors (Lipinski definition) is 4. The van der Waals surface area contributed by atoms with Crippen molar-refractivity contribution in [2.24, 2.45) is 0 Å². The van der Waals surface area contributed by atoms with E-state index in [0.29, 0.717) is 33.7 Å². The minimum atomic E-state index is -1.08. The summed E-state index contributed by atoms with van der Waals surface area (Å²) in [4.78, 5) is 10.4. The fourth-order valence-corrected chi connectivity index (χ4v) is 2.33. The summed E-state index contributed by atoms with van der Waals surface area (Å²) < 4.78 is 11.3. The molecule has 0 radical (unpaired) electrons. The number of aliphatic carboxylic acids is 1. The molecule has 2 aromatic rings. The van der Waals surface area contributed by atoms with Crippen molar-refractivity contribution in [1.29, 1.82) is 0 Å². The van der Waals surface area contributed by atoms with Crippen molar-refractivity contribution in [2.75, 3.05) is 0 Å². The van der Waals surface area contributed by atoms with Crippen LogP contribution in [0.25, 0.3) is 0 Å². The molecule has 0 amide bonds. The number of carboxylic acid groups (broad SMARTS) is 1. The van der Waals surface area contributed by atoms with Crippen molar-refractivity contribution in [3.63, 3.8) is 0 Å². The van der Waals surface area contributed by atoms with E-state index in [1.165, 1.54) is 0 Å². The van der Waals surface area contributed by atoms with Gasteiger partial charge in [-0.3, -0.25) is 0 Å². The van der Waals surface area contributed by atoms with E-state index in [4.69, 9.17) is 32.7 Å². The maximum absolute atomic E-state index is 10.4. The Hall–Kier alpha value is -0.910. The number of benzene rings is 2. The molecule has 0 saturated heterocycles. The third kappa shape index (κ3) is 6.91. The molecule has 1 unspecified atom stereocenters. The van der Waals surface area contributed by atoms with E-state index in [9.17, 15) is 9.90 Å². The number of carboxylic acids is 1. The summed E-state index contributed by atoms with van der Waals surface area (Å²) in [6.45, 7) is 1.81. The average Bonchev–Trinajstić information content (AvgIpc) is 2.50. The van der Waals surface area contributed by atoms with Crippen LogP contribution in [-0.4, -0.2) is 12.1 Å². The number of carbonyl (C=O) groups excluding carboxylic acids is 1. The van der Waals surface area contributed by atoms with Gasteiger partial charge in [-0.2, -0.15) is 0 Å². The Kier molecular flexibility index (Phi) is 8.95. The topological polar surface area (TPSA) is 58.6 Å². The zero-order valence-electron chi connectivity index (χ0n) is 13.4. The van der Waals surface area contributed by atoms with Crippen LogP contribution in [0.5, 0.6) is 17.2 Å². The molecule has 2 rings (SSSR count). The molecule has 0 fully saturated rings. The SMILES string of the molecule is CC(CCC(=O)[O-])Oc1ccc(Oc2ccc(Cl)cc2Cl)cc1.[Na+]. The maximum atomic E-state index is 10.4. The van der Waals surface area contributed by atoms with Crippen LogP contribution in [0.3, 0.4) is 0 Å². The molecule has 2 aromatic carbocycles. The molecule has 24 heavy (non-hydrogen) atoms. The van der Waals surface area contributed by atoms with Crippen molar-refractivity contribution >= 4 is 29.2 Å². The van der Waals surface area contributed by atoms with Gasteiger partial charge < -0.3 is 19.4 Å². The normalized spacial score (nSPS) is 11.3. The second kappa shape index (κ2) is 10.2. The number of halogens is 2. The van der Waals surface area contributed by atoms with Crippen LogP contribution in [0.2, 0.25) is 10.0 Å². The van der Waals surface area contributed by atoms with Crippen molar-refractivity contribution in [1.82, 2.24) is 0 Å². The first-order chi connectivity index (χ1) is 10.9. The largest absolute Gasteiger partial charge is 1.00 e. The van der Waals surface area contributed by atoms with Gasteiger partial charge in [-0.1, -0.05) is 23.2 Å². The summed E-state index contributed by atoms with van der Waals surface area (Å²) in [5.74, 6) is 0.658. The molecule has 4 nitrogen and oxygen atoms in total. The fourth-order valence-electron chi connectivity index (χ4n) is 1.88. The molecule has 0 aliphatic heterocycles. The molecule has 0 N–H and O–H groups in total. The first-order valence-electron chi connectivity index (χ1n) is 7.03. The van der Waals surface area contributed by atoms with Crippen LogP contribution in [0.15, 0.2) is 42.5 Å². The standard InChI is InChI=1S/C17H16Cl2O4.Na/c1-11(2-9-17(20)21)22-13-4-6-14(7-5-13)23-16-8-3-12(18)10-15(16)19;/h3-8,10-11H,2,9H2,1H3,(H,20,21);/q;+1/p-1. The summed E-state index contributed by atoms with van der Waals surface area (Å²) in [5, 5.41) is 11.4. The zero-order chi connectivity index (χ0) is 16.8. The van der Waals surface area contributed by atoms with Gasteiger partial charge in [-0.05, 0) is 62.2 Å². The molecule has 0 heterocycles. The predicted octanol–water partition coefficient (Wildman–Crippen LogP) is 1.09. The second-order valence-electron chi connectivity index (χ2n) is 4.99. The van der Waals surface area contributed by atoms with Crippen LogP contribution in [0.1, 0.15) is 19.8 Å². The summed E-state index contributed by atoms with van der Waals surface area (Å²) in [7, 11) is 0. The van der Waals surface area contributed by atoms with Gasteiger partial charge in [0.15, 0.2) is 0 Å². The molecule has 0 saturated carbocycles. The Morgan fingerprint density at radius 2 is 1.75 bits per heavy atom. The van der Waals surface area contributed by atoms with Gasteiger partial charge in [0.05, 0.1) is 11.1 Å². The second-order valence-corrected chi connectivity index (χ2v) is 5.83. The zero-order valence-corrected chi connectivity index (χ0v) is 16.9. The van der Waals surface area contributed by atoms with Crippen LogP contribution in [-0.2, 0) is 4.79 Å². The van der Waals surface area contributed by atoms with Gasteiger partial charge >= 0.3 is 29.6 Å². The van der Waals surface area contributed by atoms with Crippen LogP contribution < -0.4 is 44.1 Å². The average molecular weight is 377 g/mol. The van der Waals surface area contributed by atoms with Crippen molar-refractivity contribution in [3.05, 3.63) is 52.5 Å². The van der Waals surface area contributed by atoms with E-state index in [1.807, 2.05) is 0 Å². The van der Waals surface area contributed by atoms with E-state index >= 15 is 0 Å². The number of hydrogen-bond donors (Lipinski definition) is 0. The van der Waals surface area contributed by atoms with Crippen molar-refractivity contribution in [3.8, 4) is 17.2 Å². The molecule has 122 valence electrons. The van der Waals surface area contributed by atoms with Gasteiger partial charge in [0.2, 0.25) is 0 Å². The maximum Gasteiger partial charge on any atom is 1.00 e. The summed E-state index contributed by atoms with van der Waals surface area (Å²) in [5.41, 5.74) is 0. The van der Waals surface area contributed by atoms with Crippen LogP contribution in [0.4, 0.5) is 0 Å². The Bertz CT molecular complexity index is 677. The molecule has 0 aromatic heterocycles. The van der Waals surface area contributed by atoms with E-state index in [2.05, 4.69) is 0 Å². The predicted molar refractivity (Wildman–Crippen MR) is 87.3 cm³/mol. The number of carbonyl (C=O) groups is 1. The molecule has 0 aliphatic carbocycles. The minimum absolute atomic E-state index is 0. The molecule has 0 spiro atoms. The molecule has 7 heteroatoms. The van der Waals surface area contributed by atoms with Gasteiger partial charge in [0.1, 0.15) is 17.2 Å². The van der Waals surface area contributed by atoms with Gasteiger partial charge in [-0.25, -0.2) is 0 Å². The Labute approximate surface area is 173 Å². The molecule has 0 bridgehead atoms. The van der Waals surface area contributed by atoms with E-state index in [1.54, 1.807) is 49.4 Å². The van der Waals surface area contributed by atoms with Crippen LogP contribution >= 0.6 is 23.2 Å². The summed E-state index contributed by atoms with van der Waals surface area (Å²) in [6, 6.07) is 12.0. The quantitative estimate of drug-likeness (QED) is 0.678. The van der Waals surface area contributed by atoms with Crippen molar-refractivity contribution in [2.45, 2.75) is 25.9 Å². The third-order valence-electron chi connectivity index (χ3n) is 3.04. The van der Waals surface area contributed by atoms with E-state index in [-0.39, 0.29) is 42.1 Å². The molecular weight excluding hydrogens is 362 g/mol. The summed E-state index contributed by atoms with van der Waals surface area (Å²) in [6.07, 6.45) is 0.142. The smallest absolute Gasteiger partial charge is 0.550 e. The Morgan fingerprint density at radius 3 is 2.33 bits per heavy atom. The fraction of sp³-hybridized carbons (Fsp3) is 0.235. The molecule has 1 atom stereocenters. The van der Waals surface area contributed by atoms with Gasteiger partial charge in [0.25, 0.3) is 0 Å². The number of ether oxygens (including phenoxy) is 2. The molecular formula is C17H15Cl2NaO4. The van der Waals surface area contributed by atoms with E-state index in [0.717, 1.165) is 0 Å². The first-order valence-corrected chi connectivity index (χ1v) is 7.79. The Balaban J connectivity index is 0.00000288. The Morgan fingerprint density at radius 1 is 1.12 bits per heavy atom. The van der Waals surface area contributed by atoms with Crippen LogP contribution in [0, 0.1) is 0 Å². The minimum Gasteiger partial charge on any atom is -0.550 e. The number of rotatable bonds is 7.